The lowest BCUT2D eigenvalue weighted by molar-refractivity contribution is 1.23. The van der Waals surface area contributed by atoms with Crippen LogP contribution in [0.5, 0.6) is 0 Å². The summed E-state index contributed by atoms with van der Waals surface area (Å²) in [5.74, 6) is 0. The van der Waals surface area contributed by atoms with Gasteiger partial charge in [0.2, 0.25) is 0 Å². The third kappa shape index (κ3) is 6.77. The summed E-state index contributed by atoms with van der Waals surface area (Å²) in [6.45, 7) is 6.47. The Balaban J connectivity index is 1.25. The van der Waals surface area contributed by atoms with Crippen LogP contribution in [-0.2, 0) is 0 Å². The van der Waals surface area contributed by atoms with Crippen molar-refractivity contribution < 1.29 is 0 Å². The van der Waals surface area contributed by atoms with E-state index in [9.17, 15) is 0 Å². The summed E-state index contributed by atoms with van der Waals surface area (Å²) in [7, 11) is 0. The number of hydrogen-bond donors (Lipinski definition) is 0. The zero-order valence-corrected chi connectivity index (χ0v) is 29.7. The molecule has 0 bridgehead atoms. The molecule has 3 nitrogen and oxygen atoms in total. The predicted octanol–water partition coefficient (Wildman–Crippen LogP) is 13.2. The average molecular weight is 670 g/mol. The van der Waals surface area contributed by atoms with Crippen molar-refractivity contribution in [2.24, 2.45) is 0 Å². The quantitative estimate of drug-likeness (QED) is 0.161. The van der Waals surface area contributed by atoms with Gasteiger partial charge in [-0.3, -0.25) is 9.97 Å². The molecule has 0 radical (unpaired) electrons. The van der Waals surface area contributed by atoms with Crippen molar-refractivity contribution >= 4 is 17.1 Å². The number of nitrogens with zero attached hydrogens (tertiary/aromatic N) is 3. The first kappa shape index (κ1) is 32.6. The molecule has 0 unspecified atom stereocenters. The summed E-state index contributed by atoms with van der Waals surface area (Å²) < 4.78 is 0. The van der Waals surface area contributed by atoms with Gasteiger partial charge in [-0.15, -0.1) is 0 Å². The van der Waals surface area contributed by atoms with Crippen molar-refractivity contribution in [3.8, 4) is 55.9 Å². The zero-order chi connectivity index (χ0) is 35.4. The number of hydrogen-bond acceptors (Lipinski definition) is 3. The van der Waals surface area contributed by atoms with Gasteiger partial charge in [0.1, 0.15) is 0 Å². The van der Waals surface area contributed by atoms with Crippen LogP contribution in [0.1, 0.15) is 16.7 Å². The van der Waals surface area contributed by atoms with E-state index in [1.165, 1.54) is 33.4 Å². The van der Waals surface area contributed by atoms with Gasteiger partial charge >= 0.3 is 0 Å². The number of rotatable bonds is 8. The van der Waals surface area contributed by atoms with E-state index in [1.807, 2.05) is 24.5 Å². The molecule has 0 saturated carbocycles. The maximum Gasteiger partial charge on any atom is 0.0709 e. The van der Waals surface area contributed by atoms with E-state index >= 15 is 0 Å². The standard InChI is InChI=1S/C49H39N3/c1-34-20-21-35(2)49(27-34)52(45-30-42(38-15-8-5-9-16-38)28-43(31-45)47-19-10-11-26-50-47)44-18-12-17-41(29-44)48-32-46(36(3)33-51-48)40-24-22-39(23-25-40)37-13-6-4-7-14-37/h4-33H,1-3H3. The van der Waals surface area contributed by atoms with E-state index in [-0.39, 0.29) is 0 Å². The SMILES string of the molecule is Cc1ccc(C)c(N(c2cccc(-c3cc(-c4ccc(-c5ccccc5)cc4)c(C)cn3)c2)c2cc(-c3ccccc3)cc(-c3ccccn3)c2)c1. The highest BCUT2D eigenvalue weighted by atomic mass is 15.1. The van der Waals surface area contributed by atoms with E-state index in [0.29, 0.717) is 0 Å². The minimum Gasteiger partial charge on any atom is -0.310 e. The first-order valence-electron chi connectivity index (χ1n) is 17.7. The van der Waals surface area contributed by atoms with Crippen molar-refractivity contribution in [3.05, 3.63) is 199 Å². The molecular weight excluding hydrogens is 631 g/mol. The second-order valence-electron chi connectivity index (χ2n) is 13.4. The molecule has 0 aliphatic rings. The van der Waals surface area contributed by atoms with Crippen molar-refractivity contribution in [1.82, 2.24) is 9.97 Å². The molecule has 0 aliphatic heterocycles. The zero-order valence-electron chi connectivity index (χ0n) is 29.7. The van der Waals surface area contributed by atoms with Gasteiger partial charge in [-0.2, -0.15) is 0 Å². The summed E-state index contributed by atoms with van der Waals surface area (Å²) in [5, 5.41) is 0. The van der Waals surface area contributed by atoms with Gasteiger partial charge in [-0.25, -0.2) is 0 Å². The topological polar surface area (TPSA) is 29.0 Å². The van der Waals surface area contributed by atoms with E-state index in [0.717, 1.165) is 56.3 Å². The largest absolute Gasteiger partial charge is 0.310 e. The maximum atomic E-state index is 4.96. The van der Waals surface area contributed by atoms with Crippen LogP contribution < -0.4 is 4.90 Å². The number of aryl methyl sites for hydroxylation is 3. The Morgan fingerprint density at radius 2 is 1.02 bits per heavy atom. The van der Waals surface area contributed by atoms with Crippen molar-refractivity contribution in [3.63, 3.8) is 0 Å². The number of pyridine rings is 2. The molecule has 8 rings (SSSR count). The summed E-state index contributed by atoms with van der Waals surface area (Å²) >= 11 is 0. The molecule has 0 N–H and O–H groups in total. The lowest BCUT2D eigenvalue weighted by Gasteiger charge is -2.29. The van der Waals surface area contributed by atoms with Crippen LogP contribution >= 0.6 is 0 Å². The van der Waals surface area contributed by atoms with Crippen LogP contribution in [-0.4, -0.2) is 9.97 Å². The average Bonchev–Trinajstić information content (AvgIpc) is 3.20. The first-order chi connectivity index (χ1) is 25.5. The van der Waals surface area contributed by atoms with Gasteiger partial charge in [0.05, 0.1) is 11.4 Å². The van der Waals surface area contributed by atoms with Gasteiger partial charge in [0, 0.05) is 40.6 Å². The smallest absolute Gasteiger partial charge is 0.0709 e. The van der Waals surface area contributed by atoms with E-state index in [4.69, 9.17) is 9.97 Å². The van der Waals surface area contributed by atoms with Crippen molar-refractivity contribution in [2.45, 2.75) is 20.8 Å². The summed E-state index contributed by atoms with van der Waals surface area (Å²) in [4.78, 5) is 12.1. The van der Waals surface area contributed by atoms with Crippen molar-refractivity contribution in [2.75, 3.05) is 4.90 Å². The van der Waals surface area contributed by atoms with E-state index in [2.05, 4.69) is 183 Å². The number of anilines is 3. The maximum absolute atomic E-state index is 4.96. The molecule has 0 saturated heterocycles. The van der Waals surface area contributed by atoms with Crippen LogP contribution in [0.4, 0.5) is 17.1 Å². The molecule has 6 aromatic carbocycles. The summed E-state index contributed by atoms with van der Waals surface area (Å²) in [6.07, 6.45) is 3.85. The summed E-state index contributed by atoms with van der Waals surface area (Å²) in [5.41, 5.74) is 17.8. The van der Waals surface area contributed by atoms with Crippen LogP contribution in [0.15, 0.2) is 182 Å². The first-order valence-corrected chi connectivity index (χ1v) is 17.7. The number of benzene rings is 6. The molecule has 0 aliphatic carbocycles. The molecular formula is C49H39N3. The van der Waals surface area contributed by atoms with Crippen molar-refractivity contribution in [1.29, 1.82) is 0 Å². The number of aromatic nitrogens is 2. The molecule has 2 aromatic heterocycles. The van der Waals surface area contributed by atoms with Crippen LogP contribution in [0.2, 0.25) is 0 Å². The Kier molecular flexibility index (Phi) is 8.99. The molecule has 3 heteroatoms. The van der Waals surface area contributed by atoms with E-state index < -0.39 is 0 Å². The summed E-state index contributed by atoms with van der Waals surface area (Å²) in [6, 6.07) is 60.4. The molecule has 8 aromatic rings. The molecule has 0 fully saturated rings. The highest BCUT2D eigenvalue weighted by Crippen LogP contribution is 2.42. The predicted molar refractivity (Wildman–Crippen MR) is 218 cm³/mol. The lowest BCUT2D eigenvalue weighted by Crippen LogP contribution is -2.12. The fourth-order valence-electron chi connectivity index (χ4n) is 6.88. The lowest BCUT2D eigenvalue weighted by atomic mass is 9.96. The molecule has 0 atom stereocenters. The van der Waals surface area contributed by atoms with Gasteiger partial charge in [0.25, 0.3) is 0 Å². The molecule has 2 heterocycles. The normalized spacial score (nSPS) is 11.0. The van der Waals surface area contributed by atoms with Gasteiger partial charge in [0.15, 0.2) is 0 Å². The molecule has 0 amide bonds. The monoisotopic (exact) mass is 669 g/mol. The fourth-order valence-corrected chi connectivity index (χ4v) is 6.88. The third-order valence-corrected chi connectivity index (χ3v) is 9.66. The molecule has 250 valence electrons. The Bertz CT molecular complexity index is 2410. The second-order valence-corrected chi connectivity index (χ2v) is 13.4. The van der Waals surface area contributed by atoms with Gasteiger partial charge in [-0.05, 0) is 125 Å². The highest BCUT2D eigenvalue weighted by Gasteiger charge is 2.19. The van der Waals surface area contributed by atoms with Crippen LogP contribution in [0, 0.1) is 20.8 Å². The molecule has 0 spiro atoms. The Morgan fingerprint density at radius 1 is 0.385 bits per heavy atom. The minimum atomic E-state index is 0.933. The Labute approximate surface area is 306 Å². The highest BCUT2D eigenvalue weighted by molar-refractivity contribution is 5.87. The Hall–Kier alpha value is -6.58. The third-order valence-electron chi connectivity index (χ3n) is 9.66. The minimum absolute atomic E-state index is 0.933. The van der Waals surface area contributed by atoms with Crippen LogP contribution in [0.25, 0.3) is 55.9 Å². The second kappa shape index (κ2) is 14.3. The molecule has 52 heavy (non-hydrogen) atoms. The van der Waals surface area contributed by atoms with Gasteiger partial charge in [-0.1, -0.05) is 115 Å². The van der Waals surface area contributed by atoms with Crippen LogP contribution in [0.3, 0.4) is 0 Å². The Morgan fingerprint density at radius 3 is 1.75 bits per heavy atom. The van der Waals surface area contributed by atoms with Gasteiger partial charge < -0.3 is 4.90 Å². The fraction of sp³-hybridized carbons (Fsp3) is 0.0612. The van der Waals surface area contributed by atoms with E-state index in [1.54, 1.807) is 0 Å².